The first kappa shape index (κ1) is 24.5. The molecule has 0 bridgehead atoms. The summed E-state index contributed by atoms with van der Waals surface area (Å²) < 4.78 is 28.2. The monoisotopic (exact) mass is 491 g/mol. The number of nitrogens with one attached hydrogen (secondary N) is 1. The third kappa shape index (κ3) is 4.53. The Bertz CT molecular complexity index is 1380. The number of sulfonamides is 1. The Morgan fingerprint density at radius 3 is 2.29 bits per heavy atom. The van der Waals surface area contributed by atoms with E-state index < -0.39 is 22.5 Å². The van der Waals surface area contributed by atoms with Gasteiger partial charge in [0.1, 0.15) is 6.54 Å². The summed E-state index contributed by atoms with van der Waals surface area (Å²) in [5.41, 5.74) is 3.66. The second-order valence-corrected chi connectivity index (χ2v) is 10.1. The van der Waals surface area contributed by atoms with Crippen molar-refractivity contribution >= 4 is 33.2 Å². The van der Waals surface area contributed by atoms with Crippen molar-refractivity contribution in [1.82, 2.24) is 4.90 Å². The van der Waals surface area contributed by atoms with Crippen LogP contribution >= 0.6 is 0 Å². The van der Waals surface area contributed by atoms with Gasteiger partial charge in [-0.15, -0.1) is 0 Å². The van der Waals surface area contributed by atoms with Crippen LogP contribution in [0.5, 0.6) is 0 Å². The summed E-state index contributed by atoms with van der Waals surface area (Å²) in [4.78, 5) is 27.9. The van der Waals surface area contributed by atoms with Crippen molar-refractivity contribution in [3.8, 4) is 11.1 Å². The van der Waals surface area contributed by atoms with Crippen LogP contribution in [0.1, 0.15) is 36.7 Å². The van der Waals surface area contributed by atoms with Crippen LogP contribution < -0.4 is 9.62 Å². The molecule has 0 spiro atoms. The molecule has 0 saturated heterocycles. The Kier molecular flexibility index (Phi) is 6.93. The average molecular weight is 492 g/mol. The van der Waals surface area contributed by atoms with Gasteiger partial charge in [-0.25, -0.2) is 8.42 Å². The molecule has 35 heavy (non-hydrogen) atoms. The molecule has 1 heterocycles. The predicted octanol–water partition coefficient (Wildman–Crippen LogP) is 4.55. The van der Waals surface area contributed by atoms with E-state index in [2.05, 4.69) is 5.32 Å². The highest BCUT2D eigenvalue weighted by atomic mass is 32.2. The largest absolute Gasteiger partial charge is 0.339 e. The minimum absolute atomic E-state index is 0.172. The van der Waals surface area contributed by atoms with Gasteiger partial charge in [0, 0.05) is 24.2 Å². The zero-order chi connectivity index (χ0) is 25.2. The van der Waals surface area contributed by atoms with E-state index >= 15 is 0 Å². The number of hydrogen-bond acceptors (Lipinski definition) is 4. The smallest absolute Gasteiger partial charge is 0.265 e. The van der Waals surface area contributed by atoms with Crippen molar-refractivity contribution in [1.29, 1.82) is 0 Å². The van der Waals surface area contributed by atoms with Gasteiger partial charge in [-0.2, -0.15) is 0 Å². The van der Waals surface area contributed by atoms with Crippen LogP contribution in [-0.2, 0) is 21.2 Å². The lowest BCUT2D eigenvalue weighted by atomic mass is 9.99. The highest BCUT2D eigenvalue weighted by Crippen LogP contribution is 2.43. The molecular formula is C27H29N3O4S. The van der Waals surface area contributed by atoms with Crippen LogP contribution in [0.25, 0.3) is 11.1 Å². The highest BCUT2D eigenvalue weighted by molar-refractivity contribution is 7.93. The Balaban J connectivity index is 1.68. The van der Waals surface area contributed by atoms with Crippen molar-refractivity contribution < 1.29 is 18.0 Å². The van der Waals surface area contributed by atoms with E-state index in [1.54, 1.807) is 53.4 Å². The van der Waals surface area contributed by atoms with E-state index in [1.807, 2.05) is 39.0 Å². The molecule has 2 amide bonds. The summed E-state index contributed by atoms with van der Waals surface area (Å²) in [5, 5.41) is 2.76. The Morgan fingerprint density at radius 2 is 1.57 bits per heavy atom. The number of fused-ring (bicyclic) bond motifs is 3. The second kappa shape index (κ2) is 9.92. The van der Waals surface area contributed by atoms with E-state index in [9.17, 15) is 18.0 Å². The molecule has 0 aliphatic carbocycles. The van der Waals surface area contributed by atoms with Crippen LogP contribution in [0.2, 0.25) is 0 Å². The lowest BCUT2D eigenvalue weighted by Gasteiger charge is -2.32. The maximum atomic E-state index is 13.5. The first-order chi connectivity index (χ1) is 16.8. The van der Waals surface area contributed by atoms with Crippen LogP contribution in [0.3, 0.4) is 0 Å². The third-order valence-electron chi connectivity index (χ3n) is 6.25. The van der Waals surface area contributed by atoms with Gasteiger partial charge in [0.25, 0.3) is 15.9 Å². The molecule has 3 aromatic rings. The molecule has 1 aliphatic rings. The summed E-state index contributed by atoms with van der Waals surface area (Å²) in [6.07, 6.45) is 0.806. The number of nitrogens with zero attached hydrogens (tertiary/aromatic N) is 2. The normalized spacial score (nSPS) is 13.5. The quantitative estimate of drug-likeness (QED) is 0.526. The van der Waals surface area contributed by atoms with Crippen molar-refractivity contribution in [2.75, 3.05) is 29.3 Å². The van der Waals surface area contributed by atoms with E-state index in [1.165, 1.54) is 0 Å². The summed E-state index contributed by atoms with van der Waals surface area (Å²) in [6, 6.07) is 19.2. The number of carbonyl (C=O) groups excluding carboxylic acids is 2. The van der Waals surface area contributed by atoms with Gasteiger partial charge in [-0.1, -0.05) is 43.3 Å². The van der Waals surface area contributed by atoms with Crippen LogP contribution in [0.15, 0.2) is 71.6 Å². The standard InChI is InChI=1S/C27H29N3O4S/c1-4-19-15-16-24-22(17-19)20-11-8-10-14-25(20)35(33,34)30(24)18-26(31)28-23-13-9-7-12-21(23)27(32)29(5-2)6-3/h7-17H,4-6,18H2,1-3H3,(H,28,31). The van der Waals surface area contributed by atoms with Crippen LogP contribution in [0.4, 0.5) is 11.4 Å². The van der Waals surface area contributed by atoms with Crippen molar-refractivity contribution in [2.45, 2.75) is 32.1 Å². The minimum atomic E-state index is -3.95. The van der Waals surface area contributed by atoms with Crippen LogP contribution in [-0.4, -0.2) is 44.8 Å². The molecule has 0 unspecified atom stereocenters. The molecule has 0 fully saturated rings. The fraction of sp³-hybridized carbons (Fsp3) is 0.259. The summed E-state index contributed by atoms with van der Waals surface area (Å²) in [6.45, 7) is 6.49. The highest BCUT2D eigenvalue weighted by Gasteiger charge is 2.36. The summed E-state index contributed by atoms with van der Waals surface area (Å²) >= 11 is 0. The molecule has 4 rings (SSSR count). The van der Waals surface area contributed by atoms with Gasteiger partial charge >= 0.3 is 0 Å². The van der Waals surface area contributed by atoms with Crippen molar-refractivity contribution in [3.63, 3.8) is 0 Å². The number of rotatable bonds is 7. The molecule has 1 N–H and O–H groups in total. The minimum Gasteiger partial charge on any atom is -0.339 e. The molecule has 0 saturated carbocycles. The maximum Gasteiger partial charge on any atom is 0.265 e. The van der Waals surface area contributed by atoms with Crippen LogP contribution in [0, 0.1) is 0 Å². The topological polar surface area (TPSA) is 86.8 Å². The van der Waals surface area contributed by atoms with Gasteiger partial charge in [-0.05, 0) is 56.2 Å². The van der Waals surface area contributed by atoms with E-state index in [-0.39, 0.29) is 10.8 Å². The molecule has 1 aliphatic heterocycles. The van der Waals surface area contributed by atoms with Gasteiger partial charge in [0.05, 0.1) is 21.8 Å². The number of amides is 2. The maximum absolute atomic E-state index is 13.5. The number of carbonyl (C=O) groups is 2. The van der Waals surface area contributed by atoms with E-state index in [0.29, 0.717) is 35.6 Å². The van der Waals surface area contributed by atoms with E-state index in [0.717, 1.165) is 21.9 Å². The first-order valence-corrected chi connectivity index (χ1v) is 13.2. The fourth-order valence-corrected chi connectivity index (χ4v) is 6.00. The molecule has 0 atom stereocenters. The lowest BCUT2D eigenvalue weighted by molar-refractivity contribution is -0.114. The average Bonchev–Trinajstić information content (AvgIpc) is 2.87. The number of para-hydroxylation sites is 1. The zero-order valence-electron chi connectivity index (χ0n) is 20.1. The number of anilines is 2. The van der Waals surface area contributed by atoms with Gasteiger partial charge in [0.15, 0.2) is 0 Å². The molecule has 3 aromatic carbocycles. The Morgan fingerprint density at radius 1 is 0.886 bits per heavy atom. The molecule has 8 heteroatoms. The summed E-state index contributed by atoms with van der Waals surface area (Å²) in [7, 11) is -3.95. The molecule has 7 nitrogen and oxygen atoms in total. The Hall–Kier alpha value is -3.65. The lowest BCUT2D eigenvalue weighted by Crippen LogP contribution is -2.40. The Labute approximate surface area is 206 Å². The number of aryl methyl sites for hydroxylation is 1. The number of hydrogen-bond donors (Lipinski definition) is 1. The summed E-state index contributed by atoms with van der Waals surface area (Å²) in [5.74, 6) is -0.721. The van der Waals surface area contributed by atoms with E-state index in [4.69, 9.17) is 0 Å². The molecular weight excluding hydrogens is 462 g/mol. The van der Waals surface area contributed by atoms with Crippen molar-refractivity contribution in [3.05, 3.63) is 77.9 Å². The SMILES string of the molecule is CCc1ccc2c(c1)-c1ccccc1S(=O)(=O)N2CC(=O)Nc1ccccc1C(=O)N(CC)CC. The van der Waals surface area contributed by atoms with Gasteiger partial charge in [0.2, 0.25) is 5.91 Å². The first-order valence-electron chi connectivity index (χ1n) is 11.7. The van der Waals surface area contributed by atoms with Gasteiger partial charge in [-0.3, -0.25) is 13.9 Å². The molecule has 182 valence electrons. The number of benzene rings is 3. The zero-order valence-corrected chi connectivity index (χ0v) is 20.9. The fourth-order valence-electron chi connectivity index (χ4n) is 4.35. The third-order valence-corrected chi connectivity index (χ3v) is 8.07. The van der Waals surface area contributed by atoms with Crippen molar-refractivity contribution in [2.24, 2.45) is 0 Å². The second-order valence-electron chi connectivity index (χ2n) is 8.28. The molecule has 0 radical (unpaired) electrons. The predicted molar refractivity (Wildman–Crippen MR) is 138 cm³/mol. The molecule has 0 aromatic heterocycles. The van der Waals surface area contributed by atoms with Gasteiger partial charge < -0.3 is 10.2 Å².